The van der Waals surface area contributed by atoms with E-state index in [1.165, 1.54) is 0 Å². The first-order valence-electron chi connectivity index (χ1n) is 6.18. The Hall–Kier alpha value is 0.451. The molecule has 0 radical (unpaired) electrons. The van der Waals surface area contributed by atoms with Crippen LogP contribution in [-0.2, 0) is 8.23 Å². The van der Waals surface area contributed by atoms with E-state index in [0.717, 1.165) is 0 Å². The third-order valence-corrected chi connectivity index (χ3v) is 11.7. The van der Waals surface area contributed by atoms with Gasteiger partial charge in [-0.25, -0.2) is 0 Å². The Kier molecular flexibility index (Phi) is 6.42. The van der Waals surface area contributed by atoms with Crippen molar-refractivity contribution >= 4 is 25.2 Å². The Balaban J connectivity index is 5.14. The summed E-state index contributed by atoms with van der Waals surface area (Å²) in [6.07, 6.45) is -1.21. The molecule has 0 aromatic rings. The first-order chi connectivity index (χ1) is 7.81. The zero-order valence-electron chi connectivity index (χ0n) is 12.5. The zero-order valence-corrected chi connectivity index (χ0v) is 15.5. The van der Waals surface area contributed by atoms with Crippen LogP contribution in [0.15, 0.2) is 0 Å². The number of hydrogen-bond donors (Lipinski definition) is 3. The second-order valence-corrected chi connectivity index (χ2v) is 19.3. The molecular weight excluding hydrogens is 284 g/mol. The molecule has 0 aliphatic carbocycles. The van der Waals surface area contributed by atoms with Crippen molar-refractivity contribution in [1.29, 1.82) is 0 Å². The van der Waals surface area contributed by atoms with Gasteiger partial charge in [0.2, 0.25) is 0 Å². The lowest BCUT2D eigenvalue weighted by Gasteiger charge is -2.42. The lowest BCUT2D eigenvalue weighted by molar-refractivity contribution is 0.00582. The normalized spacial score (nSPS) is 17.7. The maximum atomic E-state index is 10.2. The minimum Gasteiger partial charge on any atom is -0.435 e. The molecule has 0 saturated heterocycles. The molecule has 2 unspecified atom stereocenters. The van der Waals surface area contributed by atoms with Crippen molar-refractivity contribution in [2.75, 3.05) is 6.61 Å². The molecule has 0 rings (SSSR count). The fourth-order valence-electron chi connectivity index (χ4n) is 1.81. The molecule has 18 heavy (non-hydrogen) atoms. The van der Waals surface area contributed by atoms with Crippen LogP contribution in [0.3, 0.4) is 0 Å². The maximum absolute atomic E-state index is 10.2. The summed E-state index contributed by atoms with van der Waals surface area (Å²) in [6.45, 7) is 13.4. The Morgan fingerprint density at radius 3 is 1.39 bits per heavy atom. The molecule has 0 fully saturated rings. The highest BCUT2D eigenvalue weighted by Gasteiger charge is 2.49. The first-order valence-corrected chi connectivity index (χ1v) is 15.4. The van der Waals surface area contributed by atoms with Crippen LogP contribution in [0.25, 0.3) is 0 Å². The Morgan fingerprint density at radius 2 is 1.17 bits per heavy atom. The van der Waals surface area contributed by atoms with Gasteiger partial charge in [0.15, 0.2) is 16.6 Å². The molecule has 2 atom stereocenters. The Morgan fingerprint density at radius 1 is 0.833 bits per heavy atom. The van der Waals surface area contributed by atoms with E-state index in [1.54, 1.807) is 6.55 Å². The van der Waals surface area contributed by atoms with E-state index < -0.39 is 43.6 Å². The van der Waals surface area contributed by atoms with E-state index in [2.05, 4.69) is 0 Å². The average molecular weight is 313 g/mol. The van der Waals surface area contributed by atoms with Crippen LogP contribution >= 0.6 is 0 Å². The molecule has 0 heterocycles. The van der Waals surface area contributed by atoms with Gasteiger partial charge in [0, 0.05) is 0 Å². The number of rotatable bonds is 7. The van der Waals surface area contributed by atoms with Gasteiger partial charge in [-0.15, -0.1) is 0 Å². The molecule has 0 saturated carbocycles. The molecule has 3 N–H and O–H groups in total. The third-order valence-electron chi connectivity index (χ3n) is 2.11. The number of aliphatic hydroxyl groups excluding tert-OH is 3. The van der Waals surface area contributed by atoms with Crippen molar-refractivity contribution in [3.05, 3.63) is 0 Å². The molecule has 110 valence electrons. The molecule has 0 aromatic carbocycles. The van der Waals surface area contributed by atoms with Gasteiger partial charge < -0.3 is 23.5 Å². The highest BCUT2D eigenvalue weighted by molar-refractivity contribution is 6.88. The summed E-state index contributed by atoms with van der Waals surface area (Å²) in [5.74, 6) is 0. The van der Waals surface area contributed by atoms with Crippen LogP contribution in [0.2, 0.25) is 45.8 Å². The van der Waals surface area contributed by atoms with E-state index in [1.807, 2.05) is 39.3 Å². The van der Waals surface area contributed by atoms with E-state index in [-0.39, 0.29) is 0 Å². The van der Waals surface area contributed by atoms with Gasteiger partial charge >= 0.3 is 8.56 Å². The summed E-state index contributed by atoms with van der Waals surface area (Å²) in [6, 6.07) is 0. The Labute approximate surface area is 113 Å². The van der Waals surface area contributed by atoms with E-state index in [0.29, 0.717) is 0 Å². The quantitative estimate of drug-likeness (QED) is 0.612. The van der Waals surface area contributed by atoms with Gasteiger partial charge in [0.25, 0.3) is 0 Å². The SMILES string of the molecule is C[Si](C)(C)O[Si](C)(O[Si](C)(C)C)C(O)C(O)CO. The highest BCUT2D eigenvalue weighted by atomic mass is 28.5. The average Bonchev–Trinajstić information content (AvgIpc) is 2.09. The van der Waals surface area contributed by atoms with Crippen molar-refractivity contribution < 1.29 is 23.5 Å². The summed E-state index contributed by atoms with van der Waals surface area (Å²) < 4.78 is 12.1. The summed E-state index contributed by atoms with van der Waals surface area (Å²) in [5, 5.41) is 28.9. The molecule has 0 amide bonds. The fourth-order valence-corrected chi connectivity index (χ4v) is 13.8. The third kappa shape index (κ3) is 6.57. The molecule has 0 spiro atoms. The molecule has 0 aromatic heterocycles. The predicted octanol–water partition coefficient (Wildman–Crippen LogP) is 1.01. The van der Waals surface area contributed by atoms with Gasteiger partial charge in [0.05, 0.1) is 6.61 Å². The summed E-state index contributed by atoms with van der Waals surface area (Å²) >= 11 is 0. The minimum absolute atomic E-state index is 0.492. The highest BCUT2D eigenvalue weighted by Crippen LogP contribution is 2.25. The van der Waals surface area contributed by atoms with Crippen LogP contribution in [0.4, 0.5) is 0 Å². The van der Waals surface area contributed by atoms with Crippen molar-refractivity contribution in [2.45, 2.75) is 57.7 Å². The minimum atomic E-state index is -2.94. The van der Waals surface area contributed by atoms with Crippen LogP contribution in [0.5, 0.6) is 0 Å². The molecule has 0 aliphatic rings. The van der Waals surface area contributed by atoms with Crippen molar-refractivity contribution in [1.82, 2.24) is 0 Å². The lowest BCUT2D eigenvalue weighted by atomic mass is 10.4. The molecule has 5 nitrogen and oxygen atoms in total. The molecule has 0 bridgehead atoms. The van der Waals surface area contributed by atoms with Crippen molar-refractivity contribution in [3.8, 4) is 0 Å². The van der Waals surface area contributed by atoms with Crippen LogP contribution < -0.4 is 0 Å². The second kappa shape index (κ2) is 6.27. The van der Waals surface area contributed by atoms with E-state index in [9.17, 15) is 10.2 Å². The number of aliphatic hydroxyl groups is 3. The monoisotopic (exact) mass is 312 g/mol. The first kappa shape index (κ1) is 18.5. The van der Waals surface area contributed by atoms with Crippen molar-refractivity contribution in [3.63, 3.8) is 0 Å². The van der Waals surface area contributed by atoms with Crippen molar-refractivity contribution in [2.24, 2.45) is 0 Å². The zero-order chi connectivity index (χ0) is 14.8. The lowest BCUT2D eigenvalue weighted by Crippen LogP contribution is -2.63. The van der Waals surface area contributed by atoms with Gasteiger partial charge in [-0.05, 0) is 45.8 Å². The molecule has 8 heteroatoms. The topological polar surface area (TPSA) is 79.2 Å². The van der Waals surface area contributed by atoms with E-state index in [4.69, 9.17) is 13.3 Å². The predicted molar refractivity (Wildman–Crippen MR) is 79.6 cm³/mol. The standard InChI is InChI=1S/C10H28O5Si3/c1-16(2,3)14-18(7,15-17(4,5)6)10(13)9(12)8-11/h9-13H,8H2,1-7H3. The van der Waals surface area contributed by atoms with Gasteiger partial charge in [-0.1, -0.05) is 0 Å². The Bertz CT molecular complexity index is 245. The second-order valence-electron chi connectivity index (χ2n) is 6.64. The summed E-state index contributed by atoms with van der Waals surface area (Å²) in [7, 11) is -6.75. The summed E-state index contributed by atoms with van der Waals surface area (Å²) in [4.78, 5) is 0. The van der Waals surface area contributed by atoms with Crippen LogP contribution in [0.1, 0.15) is 0 Å². The summed E-state index contributed by atoms with van der Waals surface area (Å²) in [5.41, 5.74) is -1.14. The fraction of sp³-hybridized carbons (Fsp3) is 1.00. The maximum Gasteiger partial charge on any atom is 0.346 e. The van der Waals surface area contributed by atoms with E-state index >= 15 is 0 Å². The largest absolute Gasteiger partial charge is 0.435 e. The van der Waals surface area contributed by atoms with Gasteiger partial charge in [-0.2, -0.15) is 0 Å². The smallest absolute Gasteiger partial charge is 0.346 e. The van der Waals surface area contributed by atoms with Gasteiger partial charge in [0.1, 0.15) is 11.8 Å². The molecule has 0 aliphatic heterocycles. The number of hydrogen-bond acceptors (Lipinski definition) is 5. The molecular formula is C10H28O5Si3. The van der Waals surface area contributed by atoms with Gasteiger partial charge in [-0.3, -0.25) is 0 Å². The van der Waals surface area contributed by atoms with Crippen LogP contribution in [-0.4, -0.2) is 59.0 Å². The van der Waals surface area contributed by atoms with Crippen LogP contribution in [0, 0.1) is 0 Å².